The number of hydrogen-bond donors (Lipinski definition) is 1. The predicted octanol–water partition coefficient (Wildman–Crippen LogP) is 1.04. The summed E-state index contributed by atoms with van der Waals surface area (Å²) in [6.45, 7) is 5.03. The van der Waals surface area contributed by atoms with Gasteiger partial charge < -0.3 is 10.2 Å². The first-order valence-electron chi connectivity index (χ1n) is 5.46. The minimum absolute atomic E-state index is 0.0950. The highest BCUT2D eigenvalue weighted by Gasteiger charge is 2.09. The van der Waals surface area contributed by atoms with E-state index in [0.29, 0.717) is 19.1 Å². The fourth-order valence-corrected chi connectivity index (χ4v) is 1.28. The SMILES string of the molecule is CC(C)NCC(=O)N(C)Cc1cccnc1. The van der Waals surface area contributed by atoms with Crippen molar-refractivity contribution in [2.24, 2.45) is 0 Å². The summed E-state index contributed by atoms with van der Waals surface area (Å²) in [5.41, 5.74) is 1.04. The molecule has 0 unspecified atom stereocenters. The molecular formula is C12H19N3O. The summed E-state index contributed by atoms with van der Waals surface area (Å²) in [5.74, 6) is 0.0950. The van der Waals surface area contributed by atoms with E-state index in [2.05, 4.69) is 10.3 Å². The monoisotopic (exact) mass is 221 g/mol. The van der Waals surface area contributed by atoms with E-state index >= 15 is 0 Å². The van der Waals surface area contributed by atoms with Crippen molar-refractivity contribution in [3.05, 3.63) is 30.1 Å². The molecule has 1 rings (SSSR count). The van der Waals surface area contributed by atoms with E-state index in [0.717, 1.165) is 5.56 Å². The molecule has 1 amide bonds. The third-order valence-corrected chi connectivity index (χ3v) is 2.23. The fourth-order valence-electron chi connectivity index (χ4n) is 1.28. The van der Waals surface area contributed by atoms with E-state index in [1.165, 1.54) is 0 Å². The Morgan fingerprint density at radius 1 is 1.56 bits per heavy atom. The van der Waals surface area contributed by atoms with E-state index in [1.807, 2.05) is 26.0 Å². The number of rotatable bonds is 5. The minimum Gasteiger partial charge on any atom is -0.340 e. The van der Waals surface area contributed by atoms with Gasteiger partial charge in [0.05, 0.1) is 6.54 Å². The van der Waals surface area contributed by atoms with Crippen LogP contribution in [0.25, 0.3) is 0 Å². The van der Waals surface area contributed by atoms with Crippen LogP contribution < -0.4 is 5.32 Å². The quantitative estimate of drug-likeness (QED) is 0.808. The maximum atomic E-state index is 11.7. The third-order valence-electron chi connectivity index (χ3n) is 2.23. The van der Waals surface area contributed by atoms with E-state index in [9.17, 15) is 4.79 Å². The first-order valence-corrected chi connectivity index (χ1v) is 5.46. The molecule has 0 aliphatic rings. The summed E-state index contributed by atoms with van der Waals surface area (Å²) in [7, 11) is 1.80. The number of aromatic nitrogens is 1. The van der Waals surface area contributed by atoms with Gasteiger partial charge in [0.2, 0.25) is 5.91 Å². The Morgan fingerprint density at radius 2 is 2.31 bits per heavy atom. The largest absolute Gasteiger partial charge is 0.340 e. The topological polar surface area (TPSA) is 45.2 Å². The summed E-state index contributed by atoms with van der Waals surface area (Å²) in [4.78, 5) is 17.4. The Kier molecular flexibility index (Phi) is 4.92. The summed E-state index contributed by atoms with van der Waals surface area (Å²) in [6.07, 6.45) is 3.51. The molecule has 0 aliphatic heterocycles. The van der Waals surface area contributed by atoms with Crippen molar-refractivity contribution in [3.8, 4) is 0 Å². The third kappa shape index (κ3) is 4.40. The Labute approximate surface area is 96.7 Å². The number of nitrogens with one attached hydrogen (secondary N) is 1. The number of amides is 1. The molecule has 0 saturated carbocycles. The number of carbonyl (C=O) groups excluding carboxylic acids is 1. The smallest absolute Gasteiger partial charge is 0.236 e. The molecule has 0 saturated heterocycles. The lowest BCUT2D eigenvalue weighted by Crippen LogP contribution is -2.37. The first kappa shape index (κ1) is 12.6. The zero-order valence-corrected chi connectivity index (χ0v) is 10.1. The van der Waals surface area contributed by atoms with Crippen LogP contribution >= 0.6 is 0 Å². The lowest BCUT2D eigenvalue weighted by Gasteiger charge is -2.18. The second-order valence-electron chi connectivity index (χ2n) is 4.15. The van der Waals surface area contributed by atoms with Gasteiger partial charge in [-0.1, -0.05) is 19.9 Å². The molecule has 1 aromatic rings. The van der Waals surface area contributed by atoms with Gasteiger partial charge in [0.15, 0.2) is 0 Å². The summed E-state index contributed by atoms with van der Waals surface area (Å²) in [5, 5.41) is 3.11. The van der Waals surface area contributed by atoms with Crippen LogP contribution in [0.1, 0.15) is 19.4 Å². The molecule has 0 radical (unpaired) electrons. The van der Waals surface area contributed by atoms with E-state index in [-0.39, 0.29) is 5.91 Å². The maximum Gasteiger partial charge on any atom is 0.236 e. The molecule has 1 heterocycles. The molecule has 0 fully saturated rings. The average molecular weight is 221 g/mol. The number of pyridine rings is 1. The molecule has 4 heteroatoms. The predicted molar refractivity (Wildman–Crippen MR) is 63.8 cm³/mol. The lowest BCUT2D eigenvalue weighted by atomic mass is 10.2. The van der Waals surface area contributed by atoms with Crippen molar-refractivity contribution >= 4 is 5.91 Å². The zero-order valence-electron chi connectivity index (χ0n) is 10.1. The molecule has 88 valence electrons. The average Bonchev–Trinajstić information content (AvgIpc) is 2.27. The Bertz CT molecular complexity index is 324. The van der Waals surface area contributed by atoms with Crippen molar-refractivity contribution < 1.29 is 4.79 Å². The van der Waals surface area contributed by atoms with Crippen LogP contribution in [0.2, 0.25) is 0 Å². The Hall–Kier alpha value is -1.42. The molecular weight excluding hydrogens is 202 g/mol. The van der Waals surface area contributed by atoms with Crippen LogP contribution in [0.4, 0.5) is 0 Å². The summed E-state index contributed by atoms with van der Waals surface area (Å²) >= 11 is 0. The molecule has 0 aromatic carbocycles. The standard InChI is InChI=1S/C12H19N3O/c1-10(2)14-8-12(16)15(3)9-11-5-4-6-13-7-11/h4-7,10,14H,8-9H2,1-3H3. The van der Waals surface area contributed by atoms with Gasteiger partial charge in [0, 0.05) is 32.0 Å². The van der Waals surface area contributed by atoms with E-state index in [4.69, 9.17) is 0 Å². The van der Waals surface area contributed by atoms with E-state index < -0.39 is 0 Å². The van der Waals surface area contributed by atoms with Crippen LogP contribution in [0.3, 0.4) is 0 Å². The molecule has 1 aromatic heterocycles. The first-order chi connectivity index (χ1) is 7.59. The lowest BCUT2D eigenvalue weighted by molar-refractivity contribution is -0.129. The molecule has 0 aliphatic carbocycles. The molecule has 1 N–H and O–H groups in total. The fraction of sp³-hybridized carbons (Fsp3) is 0.500. The van der Waals surface area contributed by atoms with Crippen LogP contribution in [0.15, 0.2) is 24.5 Å². The van der Waals surface area contributed by atoms with Crippen LogP contribution in [0.5, 0.6) is 0 Å². The highest BCUT2D eigenvalue weighted by molar-refractivity contribution is 5.77. The maximum absolute atomic E-state index is 11.7. The summed E-state index contributed by atoms with van der Waals surface area (Å²) in [6, 6.07) is 4.17. The Morgan fingerprint density at radius 3 is 2.88 bits per heavy atom. The molecule has 0 bridgehead atoms. The van der Waals surface area contributed by atoms with Gasteiger partial charge in [-0.05, 0) is 11.6 Å². The van der Waals surface area contributed by atoms with Crippen LogP contribution in [-0.4, -0.2) is 35.4 Å². The highest BCUT2D eigenvalue weighted by atomic mass is 16.2. The second kappa shape index (κ2) is 6.23. The van der Waals surface area contributed by atoms with Crippen molar-refractivity contribution in [2.45, 2.75) is 26.4 Å². The van der Waals surface area contributed by atoms with E-state index in [1.54, 1.807) is 24.3 Å². The normalized spacial score (nSPS) is 10.5. The van der Waals surface area contributed by atoms with Gasteiger partial charge in [-0.2, -0.15) is 0 Å². The van der Waals surface area contributed by atoms with Gasteiger partial charge >= 0.3 is 0 Å². The molecule has 0 spiro atoms. The minimum atomic E-state index is 0.0950. The molecule has 16 heavy (non-hydrogen) atoms. The van der Waals surface area contributed by atoms with Crippen molar-refractivity contribution in [2.75, 3.05) is 13.6 Å². The number of hydrogen-bond acceptors (Lipinski definition) is 3. The zero-order chi connectivity index (χ0) is 12.0. The number of likely N-dealkylation sites (N-methyl/N-ethyl adjacent to an activating group) is 1. The van der Waals surface area contributed by atoms with Gasteiger partial charge in [-0.3, -0.25) is 9.78 Å². The van der Waals surface area contributed by atoms with Crippen LogP contribution in [0, 0.1) is 0 Å². The van der Waals surface area contributed by atoms with Crippen molar-refractivity contribution in [1.29, 1.82) is 0 Å². The van der Waals surface area contributed by atoms with Crippen molar-refractivity contribution in [1.82, 2.24) is 15.2 Å². The van der Waals surface area contributed by atoms with Gasteiger partial charge in [-0.25, -0.2) is 0 Å². The second-order valence-corrected chi connectivity index (χ2v) is 4.15. The summed E-state index contributed by atoms with van der Waals surface area (Å²) < 4.78 is 0. The Balaban J connectivity index is 2.40. The van der Waals surface area contributed by atoms with Gasteiger partial charge in [0.25, 0.3) is 0 Å². The molecule has 0 atom stereocenters. The van der Waals surface area contributed by atoms with Gasteiger partial charge in [0.1, 0.15) is 0 Å². The highest BCUT2D eigenvalue weighted by Crippen LogP contribution is 2.00. The van der Waals surface area contributed by atoms with Crippen molar-refractivity contribution in [3.63, 3.8) is 0 Å². The number of carbonyl (C=O) groups is 1. The molecule has 4 nitrogen and oxygen atoms in total. The number of nitrogens with zero attached hydrogens (tertiary/aromatic N) is 2. The van der Waals surface area contributed by atoms with Crippen LogP contribution in [-0.2, 0) is 11.3 Å². The van der Waals surface area contributed by atoms with Gasteiger partial charge in [-0.15, -0.1) is 0 Å².